The summed E-state index contributed by atoms with van der Waals surface area (Å²) < 4.78 is 27.1. The first-order chi connectivity index (χ1) is 11.3. The van der Waals surface area contributed by atoms with Crippen molar-refractivity contribution in [1.82, 2.24) is 8.96 Å². The maximum atomic E-state index is 13.0. The number of hydrogen-bond donors (Lipinski definition) is 1. The third kappa shape index (κ3) is 2.59. The number of Topliss-reactive ketones (excluding diaryl/α,β-unsaturated/α-hetero) is 1. The Morgan fingerprint density at radius 1 is 1.08 bits per heavy atom. The van der Waals surface area contributed by atoms with Crippen molar-refractivity contribution in [2.45, 2.75) is 25.7 Å². The van der Waals surface area contributed by atoms with E-state index in [-0.39, 0.29) is 10.7 Å². The van der Waals surface area contributed by atoms with Crippen LogP contribution in [0.1, 0.15) is 28.5 Å². The van der Waals surface area contributed by atoms with Crippen LogP contribution in [-0.4, -0.2) is 23.2 Å². The zero-order valence-electron chi connectivity index (χ0n) is 13.7. The van der Waals surface area contributed by atoms with E-state index in [9.17, 15) is 13.2 Å². The molecule has 2 heterocycles. The molecule has 0 amide bonds. The van der Waals surface area contributed by atoms with E-state index >= 15 is 0 Å². The zero-order valence-corrected chi connectivity index (χ0v) is 14.5. The van der Waals surface area contributed by atoms with E-state index in [1.54, 1.807) is 49.5 Å². The number of nitrogens with zero attached hydrogens (tertiary/aromatic N) is 1. The molecule has 0 aliphatic heterocycles. The lowest BCUT2D eigenvalue weighted by molar-refractivity contribution is 0.101. The smallest absolute Gasteiger partial charge is 0.268 e. The van der Waals surface area contributed by atoms with Crippen molar-refractivity contribution in [2.24, 2.45) is 0 Å². The van der Waals surface area contributed by atoms with Crippen LogP contribution >= 0.6 is 0 Å². The summed E-state index contributed by atoms with van der Waals surface area (Å²) in [4.78, 5) is 15.1. The summed E-state index contributed by atoms with van der Waals surface area (Å²) in [6, 6.07) is 10.1. The zero-order chi connectivity index (χ0) is 17.5. The van der Waals surface area contributed by atoms with Crippen LogP contribution in [0.5, 0.6) is 0 Å². The molecule has 0 fully saturated rings. The van der Waals surface area contributed by atoms with Crippen molar-refractivity contribution in [1.29, 1.82) is 0 Å². The number of aromatic amines is 1. The molecule has 5 nitrogen and oxygen atoms in total. The molecule has 2 aromatic heterocycles. The second kappa shape index (κ2) is 5.79. The van der Waals surface area contributed by atoms with Gasteiger partial charge < -0.3 is 4.98 Å². The minimum Gasteiger partial charge on any atom is -0.364 e. The third-order valence-electron chi connectivity index (χ3n) is 4.00. The number of carbonyl (C=O) groups excluding carboxylic acids is 1. The molecule has 1 N–H and O–H groups in total. The SMILES string of the molecule is CC(=O)c1c(-c2cccn2S(=O)(=O)c2ccc(C)cc2)c[nH]c1C. The van der Waals surface area contributed by atoms with Crippen LogP contribution in [-0.2, 0) is 10.0 Å². The highest BCUT2D eigenvalue weighted by atomic mass is 32.2. The number of ketones is 1. The number of aromatic nitrogens is 2. The van der Waals surface area contributed by atoms with Crippen molar-refractivity contribution < 1.29 is 13.2 Å². The summed E-state index contributed by atoms with van der Waals surface area (Å²) in [6.45, 7) is 5.17. The molecule has 0 spiro atoms. The predicted octanol–water partition coefficient (Wildman–Crippen LogP) is 3.54. The molecule has 0 saturated heterocycles. The number of H-pyrrole nitrogens is 1. The molecule has 6 heteroatoms. The quantitative estimate of drug-likeness (QED) is 0.737. The number of nitrogens with one attached hydrogen (secondary N) is 1. The number of hydrogen-bond acceptors (Lipinski definition) is 3. The minimum absolute atomic E-state index is 0.107. The van der Waals surface area contributed by atoms with E-state index in [2.05, 4.69) is 4.98 Å². The van der Waals surface area contributed by atoms with Crippen LogP contribution in [0, 0.1) is 13.8 Å². The lowest BCUT2D eigenvalue weighted by Crippen LogP contribution is -2.13. The first-order valence-corrected chi connectivity index (χ1v) is 8.95. The number of rotatable bonds is 4. The van der Waals surface area contributed by atoms with Crippen molar-refractivity contribution >= 4 is 15.8 Å². The van der Waals surface area contributed by atoms with Crippen molar-refractivity contribution in [3.8, 4) is 11.3 Å². The van der Waals surface area contributed by atoms with Gasteiger partial charge in [0.2, 0.25) is 0 Å². The first-order valence-electron chi connectivity index (χ1n) is 7.51. The second-order valence-electron chi connectivity index (χ2n) is 5.77. The van der Waals surface area contributed by atoms with Crippen LogP contribution in [0.4, 0.5) is 0 Å². The molecule has 0 aliphatic rings. The Balaban J connectivity index is 2.19. The number of carbonyl (C=O) groups is 1. The maximum absolute atomic E-state index is 13.0. The fourth-order valence-corrected chi connectivity index (χ4v) is 4.15. The summed E-state index contributed by atoms with van der Waals surface area (Å²) in [5.74, 6) is -0.107. The van der Waals surface area contributed by atoms with E-state index in [0.29, 0.717) is 16.8 Å². The summed E-state index contributed by atoms with van der Waals surface area (Å²) in [6.07, 6.45) is 3.17. The fraction of sp³-hybridized carbons (Fsp3) is 0.167. The lowest BCUT2D eigenvalue weighted by Gasteiger charge is -2.11. The summed E-state index contributed by atoms with van der Waals surface area (Å²) in [7, 11) is -3.73. The van der Waals surface area contributed by atoms with Gasteiger partial charge in [0, 0.05) is 29.2 Å². The Labute approximate surface area is 141 Å². The highest BCUT2D eigenvalue weighted by Crippen LogP contribution is 2.29. The van der Waals surface area contributed by atoms with Crippen LogP contribution in [0.15, 0.2) is 53.7 Å². The van der Waals surface area contributed by atoms with Gasteiger partial charge in [0.25, 0.3) is 10.0 Å². The number of aryl methyl sites for hydroxylation is 2. The average Bonchev–Trinajstić information content (AvgIpc) is 3.13. The summed E-state index contributed by atoms with van der Waals surface area (Å²) >= 11 is 0. The summed E-state index contributed by atoms with van der Waals surface area (Å²) in [5, 5.41) is 0. The Kier molecular flexibility index (Phi) is 3.93. The monoisotopic (exact) mass is 342 g/mol. The van der Waals surface area contributed by atoms with Gasteiger partial charge in [-0.3, -0.25) is 4.79 Å². The minimum atomic E-state index is -3.73. The molecule has 0 atom stereocenters. The molecule has 0 aliphatic carbocycles. The Morgan fingerprint density at radius 3 is 2.38 bits per heavy atom. The molecular weight excluding hydrogens is 324 g/mol. The molecule has 0 saturated carbocycles. The van der Waals surface area contributed by atoms with Crippen molar-refractivity contribution in [3.05, 3.63) is 65.6 Å². The van der Waals surface area contributed by atoms with Gasteiger partial charge in [-0.25, -0.2) is 12.4 Å². The predicted molar refractivity (Wildman–Crippen MR) is 92.7 cm³/mol. The molecule has 3 rings (SSSR count). The van der Waals surface area contributed by atoms with Gasteiger partial charge in [0.05, 0.1) is 10.6 Å². The van der Waals surface area contributed by atoms with E-state index in [1.165, 1.54) is 17.1 Å². The lowest BCUT2D eigenvalue weighted by atomic mass is 10.1. The topological polar surface area (TPSA) is 71.9 Å². The van der Waals surface area contributed by atoms with E-state index < -0.39 is 10.0 Å². The van der Waals surface area contributed by atoms with Crippen LogP contribution in [0.2, 0.25) is 0 Å². The van der Waals surface area contributed by atoms with Gasteiger partial charge in [0.1, 0.15) is 0 Å². The first kappa shape index (κ1) is 16.3. The van der Waals surface area contributed by atoms with Crippen molar-refractivity contribution in [3.63, 3.8) is 0 Å². The Bertz CT molecular complexity index is 1010. The molecule has 0 radical (unpaired) electrons. The molecule has 24 heavy (non-hydrogen) atoms. The number of benzene rings is 1. The van der Waals surface area contributed by atoms with Gasteiger partial charge in [-0.05, 0) is 45.0 Å². The molecule has 0 bridgehead atoms. The maximum Gasteiger partial charge on any atom is 0.268 e. The molecule has 0 unspecified atom stereocenters. The molecule has 124 valence electrons. The highest BCUT2D eigenvalue weighted by molar-refractivity contribution is 7.90. The average molecular weight is 342 g/mol. The largest absolute Gasteiger partial charge is 0.364 e. The van der Waals surface area contributed by atoms with E-state index in [4.69, 9.17) is 0 Å². The van der Waals surface area contributed by atoms with E-state index in [0.717, 1.165) is 11.3 Å². The molecule has 1 aromatic carbocycles. The van der Waals surface area contributed by atoms with Gasteiger partial charge in [0.15, 0.2) is 5.78 Å². The van der Waals surface area contributed by atoms with Gasteiger partial charge in [-0.2, -0.15) is 0 Å². The Morgan fingerprint density at radius 2 is 1.75 bits per heavy atom. The highest BCUT2D eigenvalue weighted by Gasteiger charge is 2.23. The Hall–Kier alpha value is -2.60. The van der Waals surface area contributed by atoms with Crippen LogP contribution < -0.4 is 0 Å². The third-order valence-corrected chi connectivity index (χ3v) is 5.70. The second-order valence-corrected chi connectivity index (χ2v) is 7.58. The summed E-state index contributed by atoms with van der Waals surface area (Å²) in [5.41, 5.74) is 3.26. The molecule has 3 aromatic rings. The van der Waals surface area contributed by atoms with Gasteiger partial charge >= 0.3 is 0 Å². The van der Waals surface area contributed by atoms with Gasteiger partial charge in [-0.15, -0.1) is 0 Å². The molecular formula is C18H18N2O3S. The van der Waals surface area contributed by atoms with Crippen LogP contribution in [0.3, 0.4) is 0 Å². The van der Waals surface area contributed by atoms with E-state index in [1.807, 2.05) is 6.92 Å². The van der Waals surface area contributed by atoms with Crippen LogP contribution in [0.25, 0.3) is 11.3 Å². The standard InChI is InChI=1S/C18H18N2O3S/c1-12-6-8-15(9-7-12)24(22,23)20-10-4-5-17(20)16-11-19-13(2)18(16)14(3)21/h4-11,19H,1-3H3. The normalized spacial score (nSPS) is 11.6. The van der Waals surface area contributed by atoms with Crippen molar-refractivity contribution in [2.75, 3.05) is 0 Å². The fourth-order valence-electron chi connectivity index (χ4n) is 2.79. The van der Waals surface area contributed by atoms with Gasteiger partial charge in [-0.1, -0.05) is 17.7 Å².